The maximum atomic E-state index is 5.69. The Morgan fingerprint density at radius 3 is 3.27 bits per heavy atom. The summed E-state index contributed by atoms with van der Waals surface area (Å²) in [6.45, 7) is 4.46. The number of aryl methyl sites for hydroxylation is 1. The van der Waals surface area contributed by atoms with E-state index in [-0.39, 0.29) is 0 Å². The van der Waals surface area contributed by atoms with Crippen molar-refractivity contribution >= 4 is 0 Å². The Labute approximate surface area is 90.4 Å². The number of pyridine rings is 1. The smallest absolute Gasteiger partial charge is 0.216 e. The molecule has 1 aromatic heterocycles. The average Bonchev–Trinajstić information content (AvgIpc) is 2.29. The second-order valence-corrected chi connectivity index (χ2v) is 4.02. The van der Waals surface area contributed by atoms with E-state index in [1.54, 1.807) is 6.20 Å². The molecule has 1 saturated heterocycles. The van der Waals surface area contributed by atoms with Gasteiger partial charge in [-0.05, 0) is 25.8 Å². The van der Waals surface area contributed by atoms with Gasteiger partial charge in [0.05, 0.1) is 13.2 Å². The molecule has 2 rings (SSSR count). The summed E-state index contributed by atoms with van der Waals surface area (Å²) in [4.78, 5) is 4.20. The molecule has 3 heteroatoms. The molecule has 82 valence electrons. The first-order valence-electron chi connectivity index (χ1n) is 5.48. The van der Waals surface area contributed by atoms with Crippen LogP contribution in [0, 0.1) is 12.8 Å². The summed E-state index contributed by atoms with van der Waals surface area (Å²) in [5.41, 5.74) is 1.09. The third-order valence-corrected chi connectivity index (χ3v) is 2.67. The first kappa shape index (κ1) is 10.4. The van der Waals surface area contributed by atoms with E-state index < -0.39 is 0 Å². The molecule has 0 bridgehead atoms. The van der Waals surface area contributed by atoms with Gasteiger partial charge in [0, 0.05) is 24.3 Å². The van der Waals surface area contributed by atoms with Gasteiger partial charge in [-0.15, -0.1) is 0 Å². The van der Waals surface area contributed by atoms with Crippen molar-refractivity contribution in [2.75, 3.05) is 19.8 Å². The zero-order chi connectivity index (χ0) is 10.5. The van der Waals surface area contributed by atoms with Gasteiger partial charge in [0.2, 0.25) is 5.88 Å². The SMILES string of the molecule is Cc1cccnc1OCC1CCCOC1. The molecule has 0 saturated carbocycles. The molecule has 1 aliphatic heterocycles. The van der Waals surface area contributed by atoms with Crippen LogP contribution in [0.1, 0.15) is 18.4 Å². The minimum absolute atomic E-state index is 0.528. The third-order valence-electron chi connectivity index (χ3n) is 2.67. The molecule has 2 heterocycles. The Kier molecular flexibility index (Phi) is 3.56. The van der Waals surface area contributed by atoms with Crippen LogP contribution < -0.4 is 4.74 Å². The molecule has 0 spiro atoms. The molecule has 0 aliphatic carbocycles. The summed E-state index contributed by atoms with van der Waals surface area (Å²) in [5, 5.41) is 0. The minimum Gasteiger partial charge on any atom is -0.477 e. The zero-order valence-corrected chi connectivity index (χ0v) is 9.11. The van der Waals surface area contributed by atoms with Gasteiger partial charge in [-0.1, -0.05) is 6.07 Å². The predicted octanol–water partition coefficient (Wildman–Crippen LogP) is 2.20. The fraction of sp³-hybridized carbons (Fsp3) is 0.583. The Balaban J connectivity index is 1.84. The van der Waals surface area contributed by atoms with E-state index in [1.165, 1.54) is 6.42 Å². The van der Waals surface area contributed by atoms with Crippen LogP contribution in [-0.4, -0.2) is 24.8 Å². The highest BCUT2D eigenvalue weighted by Crippen LogP contribution is 2.17. The molecule has 15 heavy (non-hydrogen) atoms. The van der Waals surface area contributed by atoms with Crippen molar-refractivity contribution < 1.29 is 9.47 Å². The second-order valence-electron chi connectivity index (χ2n) is 4.02. The number of hydrogen-bond acceptors (Lipinski definition) is 3. The van der Waals surface area contributed by atoms with Crippen molar-refractivity contribution in [2.45, 2.75) is 19.8 Å². The van der Waals surface area contributed by atoms with Crippen molar-refractivity contribution in [1.82, 2.24) is 4.98 Å². The Morgan fingerprint density at radius 1 is 1.60 bits per heavy atom. The molecular weight excluding hydrogens is 190 g/mol. The van der Waals surface area contributed by atoms with E-state index in [0.29, 0.717) is 5.92 Å². The summed E-state index contributed by atoms with van der Waals surface area (Å²) in [5.74, 6) is 1.28. The molecule has 3 nitrogen and oxygen atoms in total. The lowest BCUT2D eigenvalue weighted by Crippen LogP contribution is -2.23. The van der Waals surface area contributed by atoms with Gasteiger partial charge in [0.25, 0.3) is 0 Å². The molecule has 1 aromatic rings. The van der Waals surface area contributed by atoms with E-state index >= 15 is 0 Å². The summed E-state index contributed by atoms with van der Waals surface area (Å²) < 4.78 is 11.1. The molecule has 1 atom stereocenters. The van der Waals surface area contributed by atoms with Crippen LogP contribution in [0.25, 0.3) is 0 Å². The fourth-order valence-corrected chi connectivity index (χ4v) is 1.76. The van der Waals surface area contributed by atoms with Crippen LogP contribution in [-0.2, 0) is 4.74 Å². The molecular formula is C12H17NO2. The van der Waals surface area contributed by atoms with E-state index in [0.717, 1.165) is 37.7 Å². The first-order chi connectivity index (χ1) is 7.36. The summed E-state index contributed by atoms with van der Waals surface area (Å²) in [6.07, 6.45) is 4.11. The standard InChI is InChI=1S/C12H17NO2/c1-10-4-2-6-13-12(10)15-9-11-5-3-7-14-8-11/h2,4,6,11H,3,5,7-9H2,1H3. The normalized spacial score (nSPS) is 21.3. The molecule has 1 fully saturated rings. The highest BCUT2D eigenvalue weighted by molar-refractivity contribution is 5.23. The number of nitrogens with zero attached hydrogens (tertiary/aromatic N) is 1. The summed E-state index contributed by atoms with van der Waals surface area (Å²) >= 11 is 0. The van der Waals surface area contributed by atoms with Gasteiger partial charge in [-0.2, -0.15) is 0 Å². The molecule has 0 aromatic carbocycles. The van der Waals surface area contributed by atoms with E-state index in [4.69, 9.17) is 9.47 Å². The van der Waals surface area contributed by atoms with Gasteiger partial charge in [-0.25, -0.2) is 4.98 Å². The number of rotatable bonds is 3. The van der Waals surface area contributed by atoms with Crippen LogP contribution in [0.3, 0.4) is 0 Å². The molecule has 0 radical (unpaired) electrons. The lowest BCUT2D eigenvalue weighted by molar-refractivity contribution is 0.0343. The second kappa shape index (κ2) is 5.12. The van der Waals surface area contributed by atoms with Crippen LogP contribution in [0.15, 0.2) is 18.3 Å². The predicted molar refractivity (Wildman–Crippen MR) is 58.0 cm³/mol. The largest absolute Gasteiger partial charge is 0.477 e. The van der Waals surface area contributed by atoms with Crippen molar-refractivity contribution in [3.8, 4) is 5.88 Å². The minimum atomic E-state index is 0.528. The number of ether oxygens (including phenoxy) is 2. The molecule has 0 N–H and O–H groups in total. The van der Waals surface area contributed by atoms with Crippen molar-refractivity contribution in [3.05, 3.63) is 23.9 Å². The van der Waals surface area contributed by atoms with Crippen LogP contribution in [0.4, 0.5) is 0 Å². The highest BCUT2D eigenvalue weighted by atomic mass is 16.5. The van der Waals surface area contributed by atoms with Crippen LogP contribution in [0.2, 0.25) is 0 Å². The summed E-state index contributed by atoms with van der Waals surface area (Å²) in [6, 6.07) is 3.94. The Morgan fingerprint density at radius 2 is 2.53 bits per heavy atom. The Bertz CT molecular complexity index is 308. The van der Waals surface area contributed by atoms with Gasteiger partial charge in [0.15, 0.2) is 0 Å². The van der Waals surface area contributed by atoms with E-state index in [2.05, 4.69) is 4.98 Å². The molecule has 1 aliphatic rings. The van der Waals surface area contributed by atoms with Gasteiger partial charge >= 0.3 is 0 Å². The zero-order valence-electron chi connectivity index (χ0n) is 9.11. The number of aromatic nitrogens is 1. The van der Waals surface area contributed by atoms with Crippen LogP contribution in [0.5, 0.6) is 5.88 Å². The van der Waals surface area contributed by atoms with E-state index in [9.17, 15) is 0 Å². The maximum Gasteiger partial charge on any atom is 0.216 e. The monoisotopic (exact) mass is 207 g/mol. The topological polar surface area (TPSA) is 31.4 Å². The Hall–Kier alpha value is -1.09. The van der Waals surface area contributed by atoms with Crippen molar-refractivity contribution in [2.24, 2.45) is 5.92 Å². The van der Waals surface area contributed by atoms with Crippen LogP contribution >= 0.6 is 0 Å². The van der Waals surface area contributed by atoms with Gasteiger partial charge in [-0.3, -0.25) is 0 Å². The van der Waals surface area contributed by atoms with Gasteiger partial charge in [0.1, 0.15) is 0 Å². The molecule has 1 unspecified atom stereocenters. The third kappa shape index (κ3) is 2.93. The molecule has 0 amide bonds. The lowest BCUT2D eigenvalue weighted by Gasteiger charge is -2.22. The maximum absolute atomic E-state index is 5.69. The number of hydrogen-bond donors (Lipinski definition) is 0. The van der Waals surface area contributed by atoms with Crippen molar-refractivity contribution in [3.63, 3.8) is 0 Å². The fourth-order valence-electron chi connectivity index (χ4n) is 1.76. The average molecular weight is 207 g/mol. The van der Waals surface area contributed by atoms with Crippen molar-refractivity contribution in [1.29, 1.82) is 0 Å². The van der Waals surface area contributed by atoms with Gasteiger partial charge < -0.3 is 9.47 Å². The first-order valence-corrected chi connectivity index (χ1v) is 5.48. The van der Waals surface area contributed by atoms with E-state index in [1.807, 2.05) is 19.1 Å². The highest BCUT2D eigenvalue weighted by Gasteiger charge is 2.14. The lowest BCUT2D eigenvalue weighted by atomic mass is 10.0. The summed E-state index contributed by atoms with van der Waals surface area (Å²) in [7, 11) is 0. The quantitative estimate of drug-likeness (QED) is 0.761.